The molecule has 23 heavy (non-hydrogen) atoms. The van der Waals surface area contributed by atoms with Crippen molar-refractivity contribution in [2.24, 2.45) is 0 Å². The molecule has 7 heteroatoms. The van der Waals surface area contributed by atoms with Crippen LogP contribution in [0.5, 0.6) is 5.88 Å². The predicted molar refractivity (Wildman–Crippen MR) is 85.5 cm³/mol. The van der Waals surface area contributed by atoms with Crippen LogP contribution in [0.3, 0.4) is 0 Å². The molecule has 2 aliphatic heterocycles. The van der Waals surface area contributed by atoms with Gasteiger partial charge in [0.15, 0.2) is 5.82 Å². The van der Waals surface area contributed by atoms with Crippen molar-refractivity contribution < 1.29 is 4.74 Å². The molecule has 0 aliphatic carbocycles. The molecule has 122 valence electrons. The highest BCUT2D eigenvalue weighted by Gasteiger charge is 2.33. The van der Waals surface area contributed by atoms with Crippen molar-refractivity contribution in [2.75, 3.05) is 18.6 Å². The van der Waals surface area contributed by atoms with Crippen LogP contribution in [-0.4, -0.2) is 38.4 Å². The average molecular weight is 314 g/mol. The smallest absolute Gasteiger partial charge is 0.229 e. The minimum atomic E-state index is 0.210. The molecule has 0 bridgehead atoms. The van der Waals surface area contributed by atoms with Gasteiger partial charge in [0.05, 0.1) is 13.2 Å². The summed E-state index contributed by atoms with van der Waals surface area (Å²) >= 11 is 0. The molecule has 0 aromatic carbocycles. The van der Waals surface area contributed by atoms with E-state index in [9.17, 15) is 0 Å². The number of methoxy groups -OCH3 is 1. The first-order valence-corrected chi connectivity index (χ1v) is 8.42. The van der Waals surface area contributed by atoms with Crippen LogP contribution in [0.4, 0.5) is 5.95 Å². The van der Waals surface area contributed by atoms with Gasteiger partial charge in [0, 0.05) is 31.8 Å². The van der Waals surface area contributed by atoms with Crippen LogP contribution in [0.1, 0.15) is 49.8 Å². The zero-order valence-corrected chi connectivity index (χ0v) is 13.5. The van der Waals surface area contributed by atoms with Crippen molar-refractivity contribution in [3.05, 3.63) is 23.9 Å². The summed E-state index contributed by atoms with van der Waals surface area (Å²) < 4.78 is 7.57. The van der Waals surface area contributed by atoms with Crippen molar-refractivity contribution in [3.8, 4) is 5.88 Å². The summed E-state index contributed by atoms with van der Waals surface area (Å²) in [6, 6.07) is 1.99. The maximum atomic E-state index is 5.24. The van der Waals surface area contributed by atoms with Crippen LogP contribution in [0, 0.1) is 0 Å². The number of hydrogen-bond acceptors (Lipinski definition) is 6. The van der Waals surface area contributed by atoms with E-state index in [0.29, 0.717) is 5.88 Å². The van der Waals surface area contributed by atoms with Gasteiger partial charge in [-0.3, -0.25) is 0 Å². The lowest BCUT2D eigenvalue weighted by atomic mass is 10.2. The monoisotopic (exact) mass is 314 g/mol. The Labute approximate surface area is 135 Å². The zero-order valence-electron chi connectivity index (χ0n) is 13.5. The van der Waals surface area contributed by atoms with Gasteiger partial charge in [-0.1, -0.05) is 6.42 Å². The highest BCUT2D eigenvalue weighted by atomic mass is 16.5. The first kappa shape index (κ1) is 14.4. The van der Waals surface area contributed by atoms with Crippen LogP contribution in [-0.2, 0) is 13.0 Å². The molecule has 1 saturated heterocycles. The second kappa shape index (κ2) is 6.14. The van der Waals surface area contributed by atoms with Gasteiger partial charge in [-0.15, -0.1) is 10.2 Å². The van der Waals surface area contributed by atoms with Crippen LogP contribution < -0.4 is 9.64 Å². The number of anilines is 1. The Morgan fingerprint density at radius 2 is 2.09 bits per heavy atom. The Morgan fingerprint density at radius 1 is 1.13 bits per heavy atom. The summed E-state index contributed by atoms with van der Waals surface area (Å²) in [5.74, 6) is 3.53. The lowest BCUT2D eigenvalue weighted by Gasteiger charge is -2.24. The Bertz CT molecular complexity index is 685. The van der Waals surface area contributed by atoms with Gasteiger partial charge >= 0.3 is 0 Å². The van der Waals surface area contributed by atoms with Crippen molar-refractivity contribution in [2.45, 2.75) is 51.1 Å². The van der Waals surface area contributed by atoms with Crippen LogP contribution in [0.15, 0.2) is 12.3 Å². The summed E-state index contributed by atoms with van der Waals surface area (Å²) in [5, 5.41) is 8.97. The van der Waals surface area contributed by atoms with Gasteiger partial charge in [-0.25, -0.2) is 4.98 Å². The van der Waals surface area contributed by atoms with Gasteiger partial charge in [-0.2, -0.15) is 4.98 Å². The minimum absolute atomic E-state index is 0.210. The fourth-order valence-electron chi connectivity index (χ4n) is 3.61. The van der Waals surface area contributed by atoms with E-state index >= 15 is 0 Å². The minimum Gasteiger partial charge on any atom is -0.481 e. The Hall–Kier alpha value is -2.18. The Kier molecular flexibility index (Phi) is 3.85. The SMILES string of the molecule is COc1ccnc(N2CCCC2c2nnc3n2CCCCC3)n1. The third-order valence-corrected chi connectivity index (χ3v) is 4.77. The number of aryl methyl sites for hydroxylation is 1. The van der Waals surface area contributed by atoms with Gasteiger partial charge < -0.3 is 14.2 Å². The number of fused-ring (bicyclic) bond motifs is 1. The third kappa shape index (κ3) is 2.64. The van der Waals surface area contributed by atoms with Crippen molar-refractivity contribution in [1.82, 2.24) is 24.7 Å². The summed E-state index contributed by atoms with van der Waals surface area (Å²) in [6.07, 6.45) is 8.67. The van der Waals surface area contributed by atoms with E-state index in [1.165, 1.54) is 19.3 Å². The zero-order chi connectivity index (χ0) is 15.6. The number of aromatic nitrogens is 5. The Morgan fingerprint density at radius 3 is 3.00 bits per heavy atom. The second-order valence-electron chi connectivity index (χ2n) is 6.19. The van der Waals surface area contributed by atoms with E-state index in [0.717, 1.165) is 49.9 Å². The van der Waals surface area contributed by atoms with Crippen LogP contribution in [0.25, 0.3) is 0 Å². The molecule has 1 unspecified atom stereocenters. The molecule has 1 fully saturated rings. The summed E-state index contributed by atoms with van der Waals surface area (Å²) in [4.78, 5) is 11.2. The van der Waals surface area contributed by atoms with E-state index in [-0.39, 0.29) is 6.04 Å². The number of nitrogens with zero attached hydrogens (tertiary/aromatic N) is 6. The fourth-order valence-corrected chi connectivity index (χ4v) is 3.61. The van der Waals surface area contributed by atoms with Gasteiger partial charge in [-0.05, 0) is 25.7 Å². The van der Waals surface area contributed by atoms with Gasteiger partial charge in [0.1, 0.15) is 5.82 Å². The quantitative estimate of drug-likeness (QED) is 0.864. The highest BCUT2D eigenvalue weighted by molar-refractivity contribution is 5.37. The first-order valence-electron chi connectivity index (χ1n) is 8.42. The predicted octanol–water partition coefficient (Wildman–Crippen LogP) is 2.14. The molecular weight excluding hydrogens is 292 g/mol. The van der Waals surface area contributed by atoms with Crippen LogP contribution >= 0.6 is 0 Å². The molecule has 0 N–H and O–H groups in total. The summed E-state index contributed by atoms with van der Waals surface area (Å²) in [6.45, 7) is 1.97. The number of ether oxygens (including phenoxy) is 1. The summed E-state index contributed by atoms with van der Waals surface area (Å²) in [7, 11) is 1.63. The molecular formula is C16H22N6O. The first-order chi connectivity index (χ1) is 11.4. The molecule has 2 aromatic heterocycles. The lowest BCUT2D eigenvalue weighted by molar-refractivity contribution is 0.396. The van der Waals surface area contributed by atoms with Crippen molar-refractivity contribution in [3.63, 3.8) is 0 Å². The standard InChI is InChI=1S/C16H22N6O/c1-23-14-8-9-17-16(18-14)21-11-5-6-12(21)15-20-19-13-7-3-2-4-10-22(13)15/h8-9,12H,2-7,10-11H2,1H3. The largest absolute Gasteiger partial charge is 0.481 e. The van der Waals surface area contributed by atoms with Gasteiger partial charge in [0.2, 0.25) is 11.8 Å². The molecule has 2 aliphatic rings. The van der Waals surface area contributed by atoms with Crippen molar-refractivity contribution >= 4 is 5.95 Å². The maximum absolute atomic E-state index is 5.24. The van der Waals surface area contributed by atoms with E-state index in [1.54, 1.807) is 19.4 Å². The van der Waals surface area contributed by atoms with Crippen molar-refractivity contribution in [1.29, 1.82) is 0 Å². The molecule has 4 rings (SSSR count). The van der Waals surface area contributed by atoms with Crippen LogP contribution in [0.2, 0.25) is 0 Å². The van der Waals surface area contributed by atoms with Gasteiger partial charge in [0.25, 0.3) is 0 Å². The fraction of sp³-hybridized carbons (Fsp3) is 0.625. The Balaban J connectivity index is 1.67. The normalized spacial score (nSPS) is 21.1. The molecule has 1 atom stereocenters. The lowest BCUT2D eigenvalue weighted by Crippen LogP contribution is -2.27. The molecule has 4 heterocycles. The van der Waals surface area contributed by atoms with E-state index in [1.807, 2.05) is 0 Å². The van der Waals surface area contributed by atoms with E-state index in [4.69, 9.17) is 4.74 Å². The van der Waals surface area contributed by atoms with E-state index < -0.39 is 0 Å². The molecule has 2 aromatic rings. The molecule has 7 nitrogen and oxygen atoms in total. The maximum Gasteiger partial charge on any atom is 0.229 e. The number of rotatable bonds is 3. The molecule has 0 amide bonds. The van der Waals surface area contributed by atoms with E-state index in [2.05, 4.69) is 29.6 Å². The molecule has 0 spiro atoms. The topological polar surface area (TPSA) is 69.0 Å². The third-order valence-electron chi connectivity index (χ3n) is 4.77. The highest BCUT2D eigenvalue weighted by Crippen LogP contribution is 2.34. The summed E-state index contributed by atoms with van der Waals surface area (Å²) in [5.41, 5.74) is 0. The second-order valence-corrected chi connectivity index (χ2v) is 6.19. The molecule has 0 radical (unpaired) electrons. The number of hydrogen-bond donors (Lipinski definition) is 0. The molecule has 0 saturated carbocycles. The average Bonchev–Trinajstić information content (AvgIpc) is 3.16.